The molecule has 16 nitrogen and oxygen atoms in total. The molecule has 0 aliphatic carbocycles. The lowest BCUT2D eigenvalue weighted by Crippen LogP contribution is -2.51. The largest absolute Gasteiger partial charge is 0.453 e. The summed E-state index contributed by atoms with van der Waals surface area (Å²) in [7, 11) is 2.54. The molecular weight excluding hydrogens is 777 g/mol. The Balaban J connectivity index is 0.942. The van der Waals surface area contributed by atoms with E-state index in [1.807, 2.05) is 24.9 Å². The normalized spacial score (nSPS) is 17.3. The molecule has 16 heteroatoms. The Morgan fingerprint density at radius 3 is 1.79 bits per heavy atom. The first-order valence-corrected chi connectivity index (χ1v) is 20.4. The third-order valence-corrected chi connectivity index (χ3v) is 11.5. The van der Waals surface area contributed by atoms with Crippen molar-refractivity contribution in [3.8, 4) is 33.6 Å². The first-order valence-electron chi connectivity index (χ1n) is 20.4. The number of hydrogen-bond donors (Lipinski definition) is 4. The Hall–Kier alpha value is -7.10. The number of fused-ring (bicyclic) bond motifs is 1. The van der Waals surface area contributed by atoms with Crippen LogP contribution in [0, 0.1) is 5.92 Å². The maximum atomic E-state index is 13.9. The summed E-state index contributed by atoms with van der Waals surface area (Å²) >= 11 is 0. The number of H-pyrrole nitrogens is 2. The van der Waals surface area contributed by atoms with Crippen molar-refractivity contribution < 1.29 is 28.7 Å². The van der Waals surface area contributed by atoms with Crippen molar-refractivity contribution in [1.82, 2.24) is 50.3 Å². The highest BCUT2D eigenvalue weighted by Crippen LogP contribution is 2.36. The van der Waals surface area contributed by atoms with Crippen molar-refractivity contribution in [2.45, 2.75) is 63.7 Å². The van der Waals surface area contributed by atoms with Crippen LogP contribution in [-0.2, 0) is 19.1 Å². The summed E-state index contributed by atoms with van der Waals surface area (Å²) in [6.07, 6.45) is 9.79. The SMILES string of the molecule is COC(=O)NC(C(=O)N1CCC[C@H]1c1ncc(-c2ccc(-c3ccc4cc(-c5cnc([C@@H]6CCCN6C(=O)[C@@H](NC(=O)OC)C(C)C)[nH]5)ccc4c3)cc2)[nH]1)c1cnccn1. The highest BCUT2D eigenvalue weighted by atomic mass is 16.5. The number of carbonyl (C=O) groups is 4. The Bertz CT molecular complexity index is 2540. The molecule has 314 valence electrons. The molecule has 2 aliphatic heterocycles. The Labute approximate surface area is 352 Å². The van der Waals surface area contributed by atoms with Gasteiger partial charge < -0.3 is 39.9 Å². The number of rotatable bonds is 11. The van der Waals surface area contributed by atoms with Crippen molar-refractivity contribution in [2.75, 3.05) is 27.3 Å². The molecule has 0 saturated carbocycles. The van der Waals surface area contributed by atoms with Crippen LogP contribution in [0.5, 0.6) is 0 Å². The zero-order valence-corrected chi connectivity index (χ0v) is 34.4. The molecule has 0 bridgehead atoms. The summed E-state index contributed by atoms with van der Waals surface area (Å²) in [6.45, 7) is 4.90. The lowest BCUT2D eigenvalue weighted by molar-refractivity contribution is -0.136. The number of ether oxygens (including phenoxy) is 2. The van der Waals surface area contributed by atoms with Gasteiger partial charge in [-0.1, -0.05) is 62.4 Å². The molecule has 4 N–H and O–H groups in total. The molecule has 2 saturated heterocycles. The second-order valence-electron chi connectivity index (χ2n) is 15.7. The summed E-state index contributed by atoms with van der Waals surface area (Å²) in [5, 5.41) is 7.48. The van der Waals surface area contributed by atoms with E-state index in [1.54, 1.807) is 11.1 Å². The van der Waals surface area contributed by atoms with Crippen LogP contribution in [0.4, 0.5) is 9.59 Å². The predicted octanol–water partition coefficient (Wildman–Crippen LogP) is 6.88. The van der Waals surface area contributed by atoms with Gasteiger partial charge >= 0.3 is 12.2 Å². The van der Waals surface area contributed by atoms with E-state index < -0.39 is 24.3 Å². The number of carbonyl (C=O) groups excluding carboxylic acids is 4. The second kappa shape index (κ2) is 17.6. The number of alkyl carbamates (subject to hydrolysis) is 2. The van der Waals surface area contributed by atoms with E-state index >= 15 is 0 Å². The Kier molecular flexibility index (Phi) is 11.8. The van der Waals surface area contributed by atoms with Crippen LogP contribution in [0.3, 0.4) is 0 Å². The predicted molar refractivity (Wildman–Crippen MR) is 226 cm³/mol. The third kappa shape index (κ3) is 8.51. The minimum atomic E-state index is -1.05. The standard InChI is InChI=1S/C45H48N10O6/c1-26(2)38(52-44(58)60-3)42(56)54-19-5-7-36(54)41-49-25-34(51-41)32-16-15-30-21-29(13-14-31(30)22-32)27-9-11-28(12-10-27)33-24-48-40(50-33)37-8-6-20-55(37)43(57)39(53-45(59)61-4)35-23-46-17-18-47-35/h9-18,21-26,36-39H,5-8,19-20H2,1-4H3,(H,48,50)(H,49,51)(H,52,58)(H,53,59)/t36-,37-,38-,39?/m0/s1. The maximum Gasteiger partial charge on any atom is 0.407 e. The van der Waals surface area contributed by atoms with E-state index in [2.05, 4.69) is 96.2 Å². The fourth-order valence-corrected chi connectivity index (χ4v) is 8.31. The first-order chi connectivity index (χ1) is 29.6. The molecule has 2 fully saturated rings. The van der Waals surface area contributed by atoms with Crippen LogP contribution in [0.1, 0.15) is 75.0 Å². The molecule has 4 atom stereocenters. The fraction of sp³-hybridized carbons (Fsp3) is 0.333. The molecule has 5 heterocycles. The van der Waals surface area contributed by atoms with Gasteiger partial charge in [0, 0.05) is 31.0 Å². The van der Waals surface area contributed by atoms with Crippen LogP contribution in [0.15, 0.2) is 91.6 Å². The fourth-order valence-electron chi connectivity index (χ4n) is 8.31. The average molecular weight is 825 g/mol. The summed E-state index contributed by atoms with van der Waals surface area (Å²) in [5.74, 6) is 0.824. The number of aromatic nitrogens is 6. The van der Waals surface area contributed by atoms with Crippen LogP contribution < -0.4 is 10.6 Å². The number of nitrogens with zero attached hydrogens (tertiary/aromatic N) is 6. The molecule has 4 amide bonds. The molecule has 2 aliphatic rings. The molecule has 0 spiro atoms. The number of methoxy groups -OCH3 is 2. The number of likely N-dealkylation sites (tertiary alicyclic amines) is 2. The quantitative estimate of drug-likeness (QED) is 0.107. The van der Waals surface area contributed by atoms with Crippen LogP contribution >= 0.6 is 0 Å². The lowest BCUT2D eigenvalue weighted by Gasteiger charge is -2.30. The molecular formula is C45H48N10O6. The van der Waals surface area contributed by atoms with Gasteiger partial charge in [-0.25, -0.2) is 19.6 Å². The van der Waals surface area contributed by atoms with Gasteiger partial charge in [-0.2, -0.15) is 0 Å². The summed E-state index contributed by atoms with van der Waals surface area (Å²) in [4.78, 5) is 79.8. The number of benzene rings is 3. The zero-order chi connectivity index (χ0) is 42.6. The number of nitrogens with one attached hydrogen (secondary N) is 4. The first kappa shape index (κ1) is 40.7. The van der Waals surface area contributed by atoms with Crippen molar-refractivity contribution in [3.63, 3.8) is 0 Å². The van der Waals surface area contributed by atoms with Gasteiger partial charge in [0.25, 0.3) is 5.91 Å². The van der Waals surface area contributed by atoms with E-state index in [4.69, 9.17) is 14.5 Å². The van der Waals surface area contributed by atoms with Crippen molar-refractivity contribution in [1.29, 1.82) is 0 Å². The van der Waals surface area contributed by atoms with Gasteiger partial charge in [0.1, 0.15) is 17.7 Å². The molecule has 1 unspecified atom stereocenters. The van der Waals surface area contributed by atoms with E-state index in [0.29, 0.717) is 31.0 Å². The number of amides is 4. The van der Waals surface area contributed by atoms with Gasteiger partial charge in [-0.3, -0.25) is 19.6 Å². The van der Waals surface area contributed by atoms with Gasteiger partial charge in [0.05, 0.1) is 62.0 Å². The van der Waals surface area contributed by atoms with Crippen LogP contribution in [-0.4, -0.2) is 97.1 Å². The molecule has 8 rings (SSSR count). The topological polar surface area (TPSA) is 200 Å². The monoisotopic (exact) mass is 824 g/mol. The Morgan fingerprint density at radius 2 is 1.20 bits per heavy atom. The maximum absolute atomic E-state index is 13.9. The summed E-state index contributed by atoms with van der Waals surface area (Å²) < 4.78 is 9.55. The highest BCUT2D eigenvalue weighted by Gasteiger charge is 2.39. The lowest BCUT2D eigenvalue weighted by atomic mass is 9.98. The van der Waals surface area contributed by atoms with Gasteiger partial charge in [-0.05, 0) is 71.2 Å². The summed E-state index contributed by atoms with van der Waals surface area (Å²) in [5.41, 5.74) is 6.08. The number of aromatic amines is 2. The molecule has 3 aromatic carbocycles. The van der Waals surface area contributed by atoms with Crippen molar-refractivity contribution in [3.05, 3.63) is 109 Å². The van der Waals surface area contributed by atoms with E-state index in [0.717, 1.165) is 69.5 Å². The van der Waals surface area contributed by atoms with Crippen LogP contribution in [0.25, 0.3) is 44.4 Å². The Morgan fingerprint density at radius 1 is 0.656 bits per heavy atom. The van der Waals surface area contributed by atoms with E-state index in [1.165, 1.54) is 32.8 Å². The van der Waals surface area contributed by atoms with Gasteiger partial charge in [0.2, 0.25) is 5.91 Å². The average Bonchev–Trinajstić information content (AvgIpc) is 4.14. The molecule has 6 aromatic rings. The minimum Gasteiger partial charge on any atom is -0.453 e. The summed E-state index contributed by atoms with van der Waals surface area (Å²) in [6, 6.07) is 18.7. The van der Waals surface area contributed by atoms with Gasteiger partial charge in [-0.15, -0.1) is 0 Å². The van der Waals surface area contributed by atoms with Crippen molar-refractivity contribution in [2.24, 2.45) is 5.92 Å². The zero-order valence-electron chi connectivity index (χ0n) is 34.4. The molecule has 3 aromatic heterocycles. The molecule has 0 radical (unpaired) electrons. The van der Waals surface area contributed by atoms with Crippen LogP contribution in [0.2, 0.25) is 0 Å². The smallest absolute Gasteiger partial charge is 0.407 e. The van der Waals surface area contributed by atoms with Crippen molar-refractivity contribution >= 4 is 34.8 Å². The van der Waals surface area contributed by atoms with E-state index in [-0.39, 0.29) is 29.8 Å². The molecule has 61 heavy (non-hydrogen) atoms. The second-order valence-corrected chi connectivity index (χ2v) is 15.7. The number of imidazole rings is 2. The highest BCUT2D eigenvalue weighted by molar-refractivity contribution is 5.91. The van der Waals surface area contributed by atoms with E-state index in [9.17, 15) is 19.2 Å². The van der Waals surface area contributed by atoms with Gasteiger partial charge in [0.15, 0.2) is 6.04 Å². The number of hydrogen-bond acceptors (Lipinski definition) is 10. The minimum absolute atomic E-state index is 0.111. The third-order valence-electron chi connectivity index (χ3n) is 11.5.